The van der Waals surface area contributed by atoms with Gasteiger partial charge in [-0.1, -0.05) is 6.92 Å². The fraction of sp³-hybridized carbons (Fsp3) is 0.933. The first-order chi connectivity index (χ1) is 9.54. The number of rotatable bonds is 4. The van der Waals surface area contributed by atoms with Crippen molar-refractivity contribution in [3.63, 3.8) is 0 Å². The Morgan fingerprint density at radius 2 is 1.85 bits per heavy atom. The number of nitrogens with two attached hydrogens (primary N) is 1. The van der Waals surface area contributed by atoms with E-state index in [0.29, 0.717) is 6.54 Å². The van der Waals surface area contributed by atoms with Gasteiger partial charge in [-0.25, -0.2) is 0 Å². The predicted molar refractivity (Wildman–Crippen MR) is 79.4 cm³/mol. The number of carbonyl (C=O) groups is 1. The first-order valence-electron chi connectivity index (χ1n) is 7.85. The van der Waals surface area contributed by atoms with Crippen LogP contribution < -0.4 is 5.73 Å². The van der Waals surface area contributed by atoms with Crippen LogP contribution in [0.25, 0.3) is 0 Å². The lowest BCUT2D eigenvalue weighted by Gasteiger charge is -2.39. The molecule has 0 spiro atoms. The maximum Gasteiger partial charge on any atom is 0.248 e. The third kappa shape index (κ3) is 3.93. The van der Waals surface area contributed by atoms with E-state index in [2.05, 4.69) is 18.9 Å². The van der Waals surface area contributed by atoms with Crippen LogP contribution in [-0.4, -0.2) is 67.7 Å². The molecule has 0 atom stereocenters. The van der Waals surface area contributed by atoms with Crippen LogP contribution in [0.5, 0.6) is 0 Å². The van der Waals surface area contributed by atoms with Gasteiger partial charge < -0.3 is 20.3 Å². The zero-order chi connectivity index (χ0) is 14.6. The lowest BCUT2D eigenvalue weighted by molar-refractivity contribution is -0.147. The third-order valence-corrected chi connectivity index (χ3v) is 4.92. The van der Waals surface area contributed by atoms with Crippen molar-refractivity contribution in [2.45, 2.75) is 38.2 Å². The standard InChI is InChI=1S/C15H29N3O2/c1-13-3-5-15(12-16,6-4-13)20-11-14(19)18-9-7-17(2)8-10-18/h13H,3-12,16H2,1-2H3. The molecule has 1 aliphatic carbocycles. The minimum Gasteiger partial charge on any atom is -0.364 e. The van der Waals surface area contributed by atoms with Crippen molar-refractivity contribution < 1.29 is 9.53 Å². The molecule has 0 aromatic rings. The highest BCUT2D eigenvalue weighted by Crippen LogP contribution is 2.34. The first-order valence-corrected chi connectivity index (χ1v) is 7.85. The maximum atomic E-state index is 12.2. The minimum atomic E-state index is -0.255. The van der Waals surface area contributed by atoms with Gasteiger partial charge in [0.2, 0.25) is 5.91 Å². The summed E-state index contributed by atoms with van der Waals surface area (Å²) in [4.78, 5) is 16.4. The first kappa shape index (κ1) is 15.7. The number of carbonyl (C=O) groups excluding carboxylic acids is 1. The zero-order valence-electron chi connectivity index (χ0n) is 12.9. The zero-order valence-corrected chi connectivity index (χ0v) is 12.9. The summed E-state index contributed by atoms with van der Waals surface area (Å²) in [5.41, 5.74) is 5.65. The molecule has 1 saturated carbocycles. The number of hydrogen-bond acceptors (Lipinski definition) is 4. The average Bonchev–Trinajstić information content (AvgIpc) is 2.48. The Balaban J connectivity index is 1.79. The van der Waals surface area contributed by atoms with Crippen molar-refractivity contribution in [3.8, 4) is 0 Å². The molecular formula is C15H29N3O2. The van der Waals surface area contributed by atoms with Crippen LogP contribution in [0.4, 0.5) is 0 Å². The fourth-order valence-corrected chi connectivity index (χ4v) is 3.06. The van der Waals surface area contributed by atoms with Gasteiger partial charge in [0.05, 0.1) is 5.60 Å². The molecule has 1 heterocycles. The van der Waals surface area contributed by atoms with Crippen molar-refractivity contribution in [3.05, 3.63) is 0 Å². The van der Waals surface area contributed by atoms with Crippen LogP contribution in [-0.2, 0) is 9.53 Å². The molecule has 2 rings (SSSR count). The Kier molecular flexibility index (Phi) is 5.41. The molecule has 0 bridgehead atoms. The molecule has 2 fully saturated rings. The molecular weight excluding hydrogens is 254 g/mol. The van der Waals surface area contributed by atoms with Crippen LogP contribution in [0.3, 0.4) is 0 Å². The molecule has 5 nitrogen and oxygen atoms in total. The summed E-state index contributed by atoms with van der Waals surface area (Å²) in [6.07, 6.45) is 4.28. The van der Waals surface area contributed by atoms with E-state index >= 15 is 0 Å². The van der Waals surface area contributed by atoms with Gasteiger partial charge in [-0.3, -0.25) is 4.79 Å². The molecule has 0 aromatic heterocycles. The van der Waals surface area contributed by atoms with E-state index in [1.165, 1.54) is 0 Å². The smallest absolute Gasteiger partial charge is 0.248 e. The molecule has 2 aliphatic rings. The van der Waals surface area contributed by atoms with E-state index in [4.69, 9.17) is 10.5 Å². The topological polar surface area (TPSA) is 58.8 Å². The van der Waals surface area contributed by atoms with Crippen molar-refractivity contribution in [2.24, 2.45) is 11.7 Å². The van der Waals surface area contributed by atoms with E-state index in [-0.39, 0.29) is 18.1 Å². The number of amides is 1. The SMILES string of the molecule is CC1CCC(CN)(OCC(=O)N2CCN(C)CC2)CC1. The summed E-state index contributed by atoms with van der Waals surface area (Å²) < 4.78 is 5.98. The minimum absolute atomic E-state index is 0.115. The lowest BCUT2D eigenvalue weighted by atomic mass is 9.79. The molecule has 116 valence electrons. The van der Waals surface area contributed by atoms with E-state index in [9.17, 15) is 4.79 Å². The van der Waals surface area contributed by atoms with Gasteiger partial charge in [-0.05, 0) is 38.6 Å². The van der Waals surface area contributed by atoms with E-state index in [1.807, 2.05) is 4.90 Å². The molecule has 0 radical (unpaired) electrons. The summed E-state index contributed by atoms with van der Waals surface area (Å²) in [6.45, 7) is 6.51. The fourth-order valence-electron chi connectivity index (χ4n) is 3.06. The highest BCUT2D eigenvalue weighted by Gasteiger charge is 2.35. The lowest BCUT2D eigenvalue weighted by Crippen LogP contribution is -2.50. The highest BCUT2D eigenvalue weighted by atomic mass is 16.5. The number of piperazine rings is 1. The Morgan fingerprint density at radius 3 is 2.40 bits per heavy atom. The molecule has 2 N–H and O–H groups in total. The summed E-state index contributed by atoms with van der Waals surface area (Å²) in [5, 5.41) is 0. The Morgan fingerprint density at radius 1 is 1.25 bits per heavy atom. The van der Waals surface area contributed by atoms with Crippen molar-refractivity contribution >= 4 is 5.91 Å². The van der Waals surface area contributed by atoms with Crippen LogP contribution in [0.2, 0.25) is 0 Å². The van der Waals surface area contributed by atoms with Gasteiger partial charge >= 0.3 is 0 Å². The number of nitrogens with zero attached hydrogens (tertiary/aromatic N) is 2. The monoisotopic (exact) mass is 283 g/mol. The van der Waals surface area contributed by atoms with E-state index in [0.717, 1.165) is 57.8 Å². The summed E-state index contributed by atoms with van der Waals surface area (Å²) in [5.74, 6) is 0.871. The molecule has 0 aromatic carbocycles. The number of ether oxygens (including phenoxy) is 1. The number of hydrogen-bond donors (Lipinski definition) is 1. The highest BCUT2D eigenvalue weighted by molar-refractivity contribution is 5.77. The van der Waals surface area contributed by atoms with E-state index in [1.54, 1.807) is 0 Å². The van der Waals surface area contributed by atoms with Crippen LogP contribution >= 0.6 is 0 Å². The normalized spacial score (nSPS) is 32.4. The molecule has 1 amide bonds. The van der Waals surface area contributed by atoms with Crippen LogP contribution in [0.1, 0.15) is 32.6 Å². The van der Waals surface area contributed by atoms with Gasteiger partial charge in [0.1, 0.15) is 6.61 Å². The van der Waals surface area contributed by atoms with E-state index < -0.39 is 0 Å². The van der Waals surface area contributed by atoms with Crippen LogP contribution in [0, 0.1) is 5.92 Å². The summed E-state index contributed by atoms with van der Waals surface area (Å²) in [6, 6.07) is 0. The van der Waals surface area contributed by atoms with Crippen molar-refractivity contribution in [1.29, 1.82) is 0 Å². The summed E-state index contributed by atoms with van der Waals surface area (Å²) in [7, 11) is 2.09. The van der Waals surface area contributed by atoms with Gasteiger partial charge in [0.25, 0.3) is 0 Å². The molecule has 20 heavy (non-hydrogen) atoms. The Hall–Kier alpha value is -0.650. The molecule has 1 saturated heterocycles. The van der Waals surface area contributed by atoms with Crippen LogP contribution in [0.15, 0.2) is 0 Å². The average molecular weight is 283 g/mol. The van der Waals surface area contributed by atoms with Gasteiger partial charge in [0, 0.05) is 32.7 Å². The third-order valence-electron chi connectivity index (χ3n) is 4.92. The second-order valence-corrected chi connectivity index (χ2v) is 6.54. The molecule has 0 unspecified atom stereocenters. The van der Waals surface area contributed by atoms with Gasteiger partial charge in [0.15, 0.2) is 0 Å². The second kappa shape index (κ2) is 6.87. The Labute approximate surface area is 122 Å². The summed E-state index contributed by atoms with van der Waals surface area (Å²) >= 11 is 0. The van der Waals surface area contributed by atoms with Gasteiger partial charge in [-0.15, -0.1) is 0 Å². The quantitative estimate of drug-likeness (QED) is 0.824. The largest absolute Gasteiger partial charge is 0.364 e. The maximum absolute atomic E-state index is 12.2. The predicted octanol–water partition coefficient (Wildman–Crippen LogP) is 0.685. The van der Waals surface area contributed by atoms with Crippen molar-refractivity contribution in [2.75, 3.05) is 46.4 Å². The Bertz CT molecular complexity index is 319. The van der Waals surface area contributed by atoms with Gasteiger partial charge in [-0.2, -0.15) is 0 Å². The number of likely N-dealkylation sites (N-methyl/N-ethyl adjacent to an activating group) is 1. The second-order valence-electron chi connectivity index (χ2n) is 6.54. The van der Waals surface area contributed by atoms with Crippen molar-refractivity contribution in [1.82, 2.24) is 9.80 Å². The molecule has 5 heteroatoms. The molecule has 1 aliphatic heterocycles.